The van der Waals surface area contributed by atoms with Crippen LogP contribution in [-0.2, 0) is 6.54 Å². The lowest BCUT2D eigenvalue weighted by molar-refractivity contribution is -0.389. The number of para-hydroxylation sites is 1. The molecule has 1 N–H and O–H groups in total. The van der Waals surface area contributed by atoms with Crippen molar-refractivity contribution in [3.63, 3.8) is 0 Å². The molecular formula is C18H22Br2N2. The highest BCUT2D eigenvalue weighted by molar-refractivity contribution is 9.09. The highest BCUT2D eigenvalue weighted by Gasteiger charge is 2.24. The lowest BCUT2D eigenvalue weighted by Crippen LogP contribution is -3.00. The Labute approximate surface area is 151 Å². The molecule has 0 saturated carbocycles. The van der Waals surface area contributed by atoms with Gasteiger partial charge in [0.1, 0.15) is 6.54 Å². The second kappa shape index (κ2) is 8.68. The first kappa shape index (κ1) is 17.5. The van der Waals surface area contributed by atoms with Crippen LogP contribution in [0.1, 0.15) is 31.4 Å². The summed E-state index contributed by atoms with van der Waals surface area (Å²) in [5, 5.41) is 1.13. The first-order chi connectivity index (χ1) is 10.4. The molecular weight excluding hydrogens is 404 g/mol. The largest absolute Gasteiger partial charge is 1.00 e. The molecule has 0 radical (unpaired) electrons. The average Bonchev–Trinajstić information content (AvgIpc) is 2.54. The van der Waals surface area contributed by atoms with Crippen molar-refractivity contribution in [1.82, 2.24) is 0 Å². The van der Waals surface area contributed by atoms with Crippen LogP contribution in [0.3, 0.4) is 0 Å². The van der Waals surface area contributed by atoms with E-state index >= 15 is 0 Å². The molecule has 0 bridgehead atoms. The average molecular weight is 426 g/mol. The monoisotopic (exact) mass is 424 g/mol. The Balaban J connectivity index is 0.00000176. The third-order valence-electron chi connectivity index (χ3n) is 4.14. The summed E-state index contributed by atoms with van der Waals surface area (Å²) in [6, 6.07) is 13.1. The molecule has 0 atom stereocenters. The second-order valence-electron chi connectivity index (χ2n) is 5.60. The minimum absolute atomic E-state index is 0. The molecule has 1 aromatic heterocycles. The molecule has 2 heterocycles. The summed E-state index contributed by atoms with van der Waals surface area (Å²) in [4.78, 5) is 5.94. The van der Waals surface area contributed by atoms with Crippen molar-refractivity contribution in [3.8, 4) is 11.1 Å². The van der Waals surface area contributed by atoms with E-state index in [1.165, 1.54) is 48.2 Å². The number of fused-ring (bicyclic) bond motifs is 3. The Morgan fingerprint density at radius 1 is 0.955 bits per heavy atom. The molecule has 2 aromatic rings. The van der Waals surface area contributed by atoms with E-state index in [9.17, 15) is 0 Å². The molecule has 0 saturated heterocycles. The number of nitrogens with zero attached hydrogens (tertiary/aromatic N) is 1. The van der Waals surface area contributed by atoms with Crippen molar-refractivity contribution in [2.45, 2.75) is 32.2 Å². The molecule has 2 nitrogen and oxygen atoms in total. The number of hydrogen-bond donors (Lipinski definition) is 0. The number of hydrogen-bond acceptors (Lipinski definition) is 1. The van der Waals surface area contributed by atoms with E-state index in [0.29, 0.717) is 0 Å². The zero-order valence-electron chi connectivity index (χ0n) is 12.7. The number of pyridine rings is 1. The normalized spacial score (nSPS) is 12.3. The van der Waals surface area contributed by atoms with Gasteiger partial charge in [-0.05, 0) is 25.0 Å². The predicted octanol–water partition coefficient (Wildman–Crippen LogP) is 1.45. The fraction of sp³-hybridized carbons (Fsp3) is 0.389. The van der Waals surface area contributed by atoms with Gasteiger partial charge in [0, 0.05) is 29.2 Å². The number of halogens is 2. The Morgan fingerprint density at radius 2 is 1.73 bits per heavy atom. The van der Waals surface area contributed by atoms with Crippen molar-refractivity contribution in [3.05, 3.63) is 48.3 Å². The summed E-state index contributed by atoms with van der Waals surface area (Å²) in [6.45, 7) is 2.13. The molecule has 0 spiro atoms. The lowest BCUT2D eigenvalue weighted by atomic mass is 9.97. The third-order valence-corrected chi connectivity index (χ3v) is 4.70. The van der Waals surface area contributed by atoms with Crippen LogP contribution in [0.25, 0.3) is 11.1 Å². The van der Waals surface area contributed by atoms with Crippen molar-refractivity contribution >= 4 is 21.6 Å². The molecule has 3 rings (SSSR count). The van der Waals surface area contributed by atoms with Crippen LogP contribution < -0.4 is 26.9 Å². The fourth-order valence-corrected chi connectivity index (χ4v) is 3.45. The van der Waals surface area contributed by atoms with Gasteiger partial charge in [-0.3, -0.25) is 0 Å². The van der Waals surface area contributed by atoms with Crippen LogP contribution in [0.2, 0.25) is 0 Å². The number of anilines is 1. The van der Waals surface area contributed by atoms with Crippen LogP contribution in [0.4, 0.5) is 5.69 Å². The predicted molar refractivity (Wildman–Crippen MR) is 91.7 cm³/mol. The highest BCUT2D eigenvalue weighted by Crippen LogP contribution is 2.37. The summed E-state index contributed by atoms with van der Waals surface area (Å²) < 4.78 is 0. The van der Waals surface area contributed by atoms with Gasteiger partial charge in [0.25, 0.3) is 0 Å². The van der Waals surface area contributed by atoms with E-state index in [1.807, 2.05) is 6.20 Å². The number of aromatic amines is 1. The van der Waals surface area contributed by atoms with E-state index in [-0.39, 0.29) is 17.0 Å². The molecule has 0 unspecified atom stereocenters. The summed E-state index contributed by atoms with van der Waals surface area (Å²) in [7, 11) is 0. The van der Waals surface area contributed by atoms with Gasteiger partial charge in [0.2, 0.25) is 5.69 Å². The summed E-state index contributed by atoms with van der Waals surface area (Å²) in [6.07, 6.45) is 7.22. The number of aromatic nitrogens is 1. The quantitative estimate of drug-likeness (QED) is 0.505. The Bertz CT molecular complexity index is 601. The molecule has 1 aliphatic heterocycles. The summed E-state index contributed by atoms with van der Waals surface area (Å²) >= 11 is 3.50. The molecule has 22 heavy (non-hydrogen) atoms. The molecule has 0 aliphatic carbocycles. The third kappa shape index (κ3) is 3.90. The first-order valence-electron chi connectivity index (χ1n) is 7.80. The minimum Gasteiger partial charge on any atom is -1.00 e. The SMILES string of the molecule is BrCCCCCCN1Cc2[nH+]cccc2-c2ccccc21.[Br-]. The first-order valence-corrected chi connectivity index (χ1v) is 8.92. The summed E-state index contributed by atoms with van der Waals surface area (Å²) in [5.41, 5.74) is 5.42. The van der Waals surface area contributed by atoms with Gasteiger partial charge in [-0.15, -0.1) is 0 Å². The van der Waals surface area contributed by atoms with Crippen molar-refractivity contribution < 1.29 is 22.0 Å². The van der Waals surface area contributed by atoms with Crippen molar-refractivity contribution in [1.29, 1.82) is 0 Å². The lowest BCUT2D eigenvalue weighted by Gasteiger charge is -2.30. The van der Waals surface area contributed by atoms with Gasteiger partial charge < -0.3 is 21.9 Å². The van der Waals surface area contributed by atoms with E-state index in [0.717, 1.165) is 18.4 Å². The number of unbranched alkanes of at least 4 members (excludes halogenated alkanes) is 3. The Kier molecular flexibility index (Phi) is 6.90. The standard InChI is InChI=1S/C18H21BrN2.BrH/c19-11-5-1-2-6-13-21-14-17-15(9-7-12-20-17)16-8-3-4-10-18(16)21;/h3-4,7-10,12H,1-2,5-6,11,13-14H2;1H. The number of H-pyrrole nitrogens is 1. The zero-order chi connectivity index (χ0) is 14.5. The van der Waals surface area contributed by atoms with Gasteiger partial charge in [-0.25, -0.2) is 4.98 Å². The fourth-order valence-electron chi connectivity index (χ4n) is 3.06. The van der Waals surface area contributed by atoms with Gasteiger partial charge in [-0.2, -0.15) is 0 Å². The van der Waals surface area contributed by atoms with Gasteiger partial charge >= 0.3 is 0 Å². The van der Waals surface area contributed by atoms with E-state index in [1.54, 1.807) is 0 Å². The van der Waals surface area contributed by atoms with Gasteiger partial charge in [-0.1, -0.05) is 47.0 Å². The van der Waals surface area contributed by atoms with Crippen LogP contribution in [-0.4, -0.2) is 11.9 Å². The molecule has 1 aliphatic rings. The maximum absolute atomic E-state index is 3.50. The molecule has 118 valence electrons. The maximum Gasteiger partial charge on any atom is 0.207 e. The van der Waals surface area contributed by atoms with E-state index < -0.39 is 0 Å². The van der Waals surface area contributed by atoms with Crippen molar-refractivity contribution in [2.75, 3.05) is 16.8 Å². The molecule has 0 amide bonds. The highest BCUT2D eigenvalue weighted by atomic mass is 79.9. The van der Waals surface area contributed by atoms with Crippen LogP contribution in [0.5, 0.6) is 0 Å². The molecule has 4 heteroatoms. The number of benzene rings is 1. The summed E-state index contributed by atoms with van der Waals surface area (Å²) in [5.74, 6) is 0. The minimum atomic E-state index is 0. The van der Waals surface area contributed by atoms with Crippen molar-refractivity contribution in [2.24, 2.45) is 0 Å². The van der Waals surface area contributed by atoms with E-state index in [2.05, 4.69) is 62.2 Å². The van der Waals surface area contributed by atoms with Crippen LogP contribution in [0.15, 0.2) is 42.6 Å². The Morgan fingerprint density at radius 3 is 2.59 bits per heavy atom. The topological polar surface area (TPSA) is 17.4 Å². The number of rotatable bonds is 6. The Hall–Kier alpha value is -0.870. The van der Waals surface area contributed by atoms with Gasteiger partial charge in [0.15, 0.2) is 6.20 Å². The number of nitrogens with one attached hydrogen (secondary N) is 1. The zero-order valence-corrected chi connectivity index (χ0v) is 15.9. The van der Waals surface area contributed by atoms with E-state index in [4.69, 9.17) is 0 Å². The maximum atomic E-state index is 3.50. The van der Waals surface area contributed by atoms with Crippen LogP contribution >= 0.6 is 15.9 Å². The van der Waals surface area contributed by atoms with Crippen LogP contribution in [0, 0.1) is 0 Å². The molecule has 0 fully saturated rings. The molecule has 1 aromatic carbocycles. The second-order valence-corrected chi connectivity index (χ2v) is 6.40. The van der Waals surface area contributed by atoms with Gasteiger partial charge in [0.05, 0.1) is 5.56 Å². The smallest absolute Gasteiger partial charge is 0.207 e. The number of alkyl halides is 1.